The molecule has 1 aliphatic heterocycles. The van der Waals surface area contributed by atoms with E-state index in [-0.39, 0.29) is 5.75 Å². The normalized spacial score (nSPS) is 19.8. The van der Waals surface area contributed by atoms with Crippen molar-refractivity contribution < 1.29 is 8.42 Å². The van der Waals surface area contributed by atoms with Crippen LogP contribution in [0.2, 0.25) is 0 Å². The van der Waals surface area contributed by atoms with Crippen LogP contribution in [0.1, 0.15) is 20.8 Å². The van der Waals surface area contributed by atoms with E-state index < -0.39 is 14.6 Å². The largest absolute Gasteiger partial charge is 0.367 e. The molecule has 0 unspecified atom stereocenters. The lowest BCUT2D eigenvalue weighted by molar-refractivity contribution is 0.353. The van der Waals surface area contributed by atoms with E-state index in [1.807, 2.05) is 11.8 Å². The highest BCUT2D eigenvalue weighted by Crippen LogP contribution is 2.23. The number of hydrogen-bond donors (Lipinski definition) is 2. The zero-order valence-corrected chi connectivity index (χ0v) is 15.3. The van der Waals surface area contributed by atoms with Crippen LogP contribution in [0, 0.1) is 0 Å². The summed E-state index contributed by atoms with van der Waals surface area (Å²) in [6, 6.07) is 0. The second kappa shape index (κ2) is 7.78. The van der Waals surface area contributed by atoms with Gasteiger partial charge in [-0.15, -0.1) is 0 Å². The second-order valence-electron chi connectivity index (χ2n) is 6.25. The number of hydrogen-bond acceptors (Lipinski definition) is 6. The van der Waals surface area contributed by atoms with Gasteiger partial charge in [0.15, 0.2) is 15.8 Å². The van der Waals surface area contributed by atoms with E-state index >= 15 is 0 Å². The maximum absolute atomic E-state index is 12.1. The molecule has 2 heterocycles. The second-order valence-corrected chi connectivity index (χ2v) is 9.00. The molecule has 0 aliphatic carbocycles. The minimum Gasteiger partial charge on any atom is -0.367 e. The summed E-state index contributed by atoms with van der Waals surface area (Å²) in [4.78, 5) is 14.7. The van der Waals surface area contributed by atoms with E-state index in [2.05, 4.69) is 25.6 Å². The van der Waals surface area contributed by atoms with Crippen molar-refractivity contribution in [3.05, 3.63) is 18.6 Å². The molecular formula is C15H26N6O2S. The molecule has 0 amide bonds. The number of nitrogens with zero attached hydrogens (tertiary/aromatic N) is 4. The molecule has 0 radical (unpaired) electrons. The van der Waals surface area contributed by atoms with E-state index in [4.69, 9.17) is 0 Å². The minimum absolute atomic E-state index is 0.155. The Kier molecular flexibility index (Phi) is 5.98. The molecule has 1 aromatic heterocycles. The zero-order valence-electron chi connectivity index (χ0n) is 14.5. The van der Waals surface area contributed by atoms with Crippen molar-refractivity contribution in [1.82, 2.24) is 20.2 Å². The smallest absolute Gasteiger partial charge is 0.194 e. The van der Waals surface area contributed by atoms with Crippen molar-refractivity contribution in [3.8, 4) is 0 Å². The molecule has 0 aromatic carbocycles. The zero-order chi connectivity index (χ0) is 17.6. The highest BCUT2D eigenvalue weighted by Gasteiger charge is 2.40. The number of sulfone groups is 1. The summed E-state index contributed by atoms with van der Waals surface area (Å²) >= 11 is 0. The summed E-state index contributed by atoms with van der Waals surface area (Å²) in [6.07, 6.45) is 4.91. The molecular weight excluding hydrogens is 328 g/mol. The first-order valence-electron chi connectivity index (χ1n) is 8.11. The predicted molar refractivity (Wildman–Crippen MR) is 95.9 cm³/mol. The SMILES string of the molecule is CCNC(=NCCNc1cnccn1)N1CCS(=O)(=O)C(C)(C)C1. The lowest BCUT2D eigenvalue weighted by Crippen LogP contribution is -2.57. The molecule has 0 bridgehead atoms. The fourth-order valence-electron chi connectivity index (χ4n) is 2.49. The molecule has 1 fully saturated rings. The Labute approximate surface area is 143 Å². The molecule has 2 N–H and O–H groups in total. The van der Waals surface area contributed by atoms with Crippen molar-refractivity contribution in [1.29, 1.82) is 0 Å². The lowest BCUT2D eigenvalue weighted by atomic mass is 10.2. The minimum atomic E-state index is -3.06. The number of aliphatic imine (C=N–C) groups is 1. The number of rotatable bonds is 5. The number of anilines is 1. The summed E-state index contributed by atoms with van der Waals surface area (Å²) < 4.78 is 23.5. The topological polar surface area (TPSA) is 99.6 Å². The molecule has 134 valence electrons. The maximum Gasteiger partial charge on any atom is 0.194 e. The van der Waals surface area contributed by atoms with Crippen LogP contribution in [0.5, 0.6) is 0 Å². The van der Waals surface area contributed by atoms with Gasteiger partial charge in [0.05, 0.1) is 23.2 Å². The van der Waals surface area contributed by atoms with Gasteiger partial charge < -0.3 is 15.5 Å². The van der Waals surface area contributed by atoms with Gasteiger partial charge in [0, 0.05) is 38.6 Å². The molecule has 0 spiro atoms. The van der Waals surface area contributed by atoms with Gasteiger partial charge in [-0.05, 0) is 20.8 Å². The van der Waals surface area contributed by atoms with Crippen LogP contribution in [0.4, 0.5) is 5.82 Å². The van der Waals surface area contributed by atoms with Gasteiger partial charge in [-0.3, -0.25) is 9.98 Å². The third kappa shape index (κ3) is 4.56. The molecule has 24 heavy (non-hydrogen) atoms. The van der Waals surface area contributed by atoms with E-state index in [0.29, 0.717) is 32.0 Å². The summed E-state index contributed by atoms with van der Waals surface area (Å²) in [7, 11) is -3.06. The van der Waals surface area contributed by atoms with Crippen molar-refractivity contribution in [2.24, 2.45) is 4.99 Å². The van der Waals surface area contributed by atoms with Crippen LogP contribution in [0.25, 0.3) is 0 Å². The Hall–Kier alpha value is -1.90. The molecule has 1 aromatic rings. The van der Waals surface area contributed by atoms with Crippen molar-refractivity contribution >= 4 is 21.6 Å². The van der Waals surface area contributed by atoms with E-state index in [0.717, 1.165) is 12.5 Å². The van der Waals surface area contributed by atoms with Crippen LogP contribution in [0.3, 0.4) is 0 Å². The van der Waals surface area contributed by atoms with Crippen LogP contribution >= 0.6 is 0 Å². The van der Waals surface area contributed by atoms with Crippen LogP contribution < -0.4 is 10.6 Å². The molecule has 8 nitrogen and oxygen atoms in total. The molecule has 9 heteroatoms. The quantitative estimate of drug-likeness (QED) is 0.447. The van der Waals surface area contributed by atoms with Crippen molar-refractivity contribution in [3.63, 3.8) is 0 Å². The lowest BCUT2D eigenvalue weighted by Gasteiger charge is -2.39. The van der Waals surface area contributed by atoms with Gasteiger partial charge in [0.25, 0.3) is 0 Å². The standard InChI is InChI=1S/C15H26N6O2S/c1-4-17-14(20-8-7-19-13-11-16-5-6-18-13)21-9-10-24(22,23)15(2,3)12-21/h5-6,11H,4,7-10,12H2,1-3H3,(H,17,20)(H,18,19). The summed E-state index contributed by atoms with van der Waals surface area (Å²) in [5, 5.41) is 6.39. The van der Waals surface area contributed by atoms with Gasteiger partial charge in [-0.1, -0.05) is 0 Å². The summed E-state index contributed by atoms with van der Waals surface area (Å²) in [5.41, 5.74) is 0. The van der Waals surface area contributed by atoms with Crippen molar-refractivity contribution in [2.45, 2.75) is 25.5 Å². The third-order valence-electron chi connectivity index (χ3n) is 3.92. The van der Waals surface area contributed by atoms with Gasteiger partial charge in [-0.2, -0.15) is 0 Å². The molecule has 1 aliphatic rings. The first-order valence-corrected chi connectivity index (χ1v) is 9.76. The summed E-state index contributed by atoms with van der Waals surface area (Å²) in [6.45, 7) is 8.38. The van der Waals surface area contributed by atoms with E-state index in [9.17, 15) is 8.42 Å². The van der Waals surface area contributed by atoms with Crippen LogP contribution in [-0.4, -0.2) is 72.5 Å². The van der Waals surface area contributed by atoms with Crippen molar-refractivity contribution in [2.75, 3.05) is 43.8 Å². The molecule has 0 atom stereocenters. The number of aromatic nitrogens is 2. The Morgan fingerprint density at radius 3 is 2.83 bits per heavy atom. The van der Waals surface area contributed by atoms with Crippen LogP contribution in [0.15, 0.2) is 23.6 Å². The molecule has 1 saturated heterocycles. The Morgan fingerprint density at radius 2 is 2.21 bits per heavy atom. The van der Waals surface area contributed by atoms with Gasteiger partial charge in [-0.25, -0.2) is 13.4 Å². The highest BCUT2D eigenvalue weighted by molar-refractivity contribution is 7.92. The van der Waals surface area contributed by atoms with Crippen LogP contribution in [-0.2, 0) is 9.84 Å². The Morgan fingerprint density at radius 1 is 1.42 bits per heavy atom. The highest BCUT2D eigenvalue weighted by atomic mass is 32.2. The molecule has 2 rings (SSSR count). The average Bonchev–Trinajstić information content (AvgIpc) is 2.54. The average molecular weight is 354 g/mol. The Balaban J connectivity index is 1.96. The first kappa shape index (κ1) is 18.4. The fourth-order valence-corrected chi connectivity index (χ4v) is 3.85. The maximum atomic E-state index is 12.1. The fraction of sp³-hybridized carbons (Fsp3) is 0.667. The predicted octanol–water partition coefficient (Wildman–Crippen LogP) is 0.363. The monoisotopic (exact) mass is 354 g/mol. The third-order valence-corrected chi connectivity index (χ3v) is 6.45. The van der Waals surface area contributed by atoms with Gasteiger partial charge in [0.1, 0.15) is 5.82 Å². The molecule has 0 saturated carbocycles. The van der Waals surface area contributed by atoms with Gasteiger partial charge in [0.2, 0.25) is 0 Å². The summed E-state index contributed by atoms with van der Waals surface area (Å²) in [5.74, 6) is 1.62. The number of guanidine groups is 1. The van der Waals surface area contributed by atoms with E-state index in [1.165, 1.54) is 0 Å². The first-order chi connectivity index (χ1) is 11.4. The number of nitrogens with one attached hydrogen (secondary N) is 2. The Bertz CT molecular complexity index is 660. The van der Waals surface area contributed by atoms with Gasteiger partial charge >= 0.3 is 0 Å². The van der Waals surface area contributed by atoms with E-state index in [1.54, 1.807) is 32.4 Å².